The minimum absolute atomic E-state index is 0.0693. The van der Waals surface area contributed by atoms with Crippen molar-refractivity contribution in [2.75, 3.05) is 20.3 Å². The number of carbonyl (C=O) groups is 1. The molecule has 0 aliphatic carbocycles. The van der Waals surface area contributed by atoms with Crippen LogP contribution in [-0.4, -0.2) is 36.2 Å². The van der Waals surface area contributed by atoms with E-state index in [4.69, 9.17) is 4.74 Å². The predicted octanol–water partition coefficient (Wildman–Crippen LogP) is 3.12. The molecule has 0 aliphatic rings. The number of carbonyl (C=O) groups excluding carboxylic acids is 1. The first-order valence-electron chi connectivity index (χ1n) is 7.91. The lowest BCUT2D eigenvalue weighted by Crippen LogP contribution is -2.31. The summed E-state index contributed by atoms with van der Waals surface area (Å²) in [5, 5.41) is 9.26. The Labute approximate surface area is 143 Å². The fourth-order valence-corrected chi connectivity index (χ4v) is 2.52. The van der Waals surface area contributed by atoms with Gasteiger partial charge in [0.05, 0.1) is 13.7 Å². The van der Waals surface area contributed by atoms with Gasteiger partial charge >= 0.3 is 0 Å². The maximum Gasteiger partial charge on any atom is 0.247 e. The summed E-state index contributed by atoms with van der Waals surface area (Å²) < 4.78 is 5.35. The minimum atomic E-state index is -0.128. The van der Waals surface area contributed by atoms with Crippen LogP contribution in [-0.2, 0) is 11.3 Å². The molecule has 0 bridgehead atoms. The number of hydrogen-bond donors (Lipinski definition) is 1. The molecule has 4 nitrogen and oxygen atoms in total. The molecule has 0 spiro atoms. The normalized spacial score (nSPS) is 11.2. The Kier molecular flexibility index (Phi) is 6.58. The number of rotatable bonds is 7. The van der Waals surface area contributed by atoms with Crippen LogP contribution in [0.1, 0.15) is 18.1 Å². The van der Waals surface area contributed by atoms with E-state index in [-0.39, 0.29) is 12.5 Å². The maximum atomic E-state index is 12.6. The number of methoxy groups -OCH3 is 1. The fraction of sp³-hybridized carbons (Fsp3) is 0.250. The van der Waals surface area contributed by atoms with Crippen LogP contribution in [0.25, 0.3) is 5.57 Å². The fourth-order valence-electron chi connectivity index (χ4n) is 2.52. The van der Waals surface area contributed by atoms with Crippen molar-refractivity contribution in [3.8, 4) is 5.75 Å². The van der Waals surface area contributed by atoms with Gasteiger partial charge in [0.2, 0.25) is 5.91 Å². The Morgan fingerprint density at radius 3 is 2.46 bits per heavy atom. The number of amides is 1. The third-order valence-electron chi connectivity index (χ3n) is 3.77. The van der Waals surface area contributed by atoms with Crippen LogP contribution >= 0.6 is 0 Å². The quantitative estimate of drug-likeness (QED) is 0.796. The zero-order valence-corrected chi connectivity index (χ0v) is 14.1. The molecular formula is C20H23NO3. The van der Waals surface area contributed by atoms with Gasteiger partial charge < -0.3 is 14.7 Å². The Morgan fingerprint density at radius 2 is 1.79 bits per heavy atom. The van der Waals surface area contributed by atoms with E-state index in [0.717, 1.165) is 22.4 Å². The number of allylic oxidation sites excluding steroid dienone is 1. The van der Waals surface area contributed by atoms with Gasteiger partial charge in [0.15, 0.2) is 0 Å². The number of hydrogen-bond acceptors (Lipinski definition) is 3. The van der Waals surface area contributed by atoms with E-state index < -0.39 is 0 Å². The highest BCUT2D eigenvalue weighted by Crippen LogP contribution is 2.25. The summed E-state index contributed by atoms with van der Waals surface area (Å²) in [6, 6.07) is 17.3. The average molecular weight is 325 g/mol. The first-order valence-corrected chi connectivity index (χ1v) is 7.91. The minimum Gasteiger partial charge on any atom is -0.496 e. The predicted molar refractivity (Wildman–Crippen MR) is 95.6 cm³/mol. The first-order chi connectivity index (χ1) is 11.7. The van der Waals surface area contributed by atoms with Crippen LogP contribution in [0.5, 0.6) is 5.75 Å². The monoisotopic (exact) mass is 325 g/mol. The smallest absolute Gasteiger partial charge is 0.247 e. The molecule has 0 radical (unpaired) electrons. The molecule has 0 heterocycles. The topological polar surface area (TPSA) is 49.8 Å². The molecule has 0 atom stereocenters. The summed E-state index contributed by atoms with van der Waals surface area (Å²) in [4.78, 5) is 14.3. The Bertz CT molecular complexity index is 695. The highest BCUT2D eigenvalue weighted by atomic mass is 16.5. The number of ether oxygens (including phenoxy) is 1. The highest BCUT2D eigenvalue weighted by molar-refractivity contribution is 5.95. The Balaban J connectivity index is 2.19. The summed E-state index contributed by atoms with van der Waals surface area (Å²) in [6.07, 6.45) is 1.59. The van der Waals surface area contributed by atoms with Gasteiger partial charge in [0, 0.05) is 24.7 Å². The van der Waals surface area contributed by atoms with Gasteiger partial charge in [-0.15, -0.1) is 0 Å². The third-order valence-corrected chi connectivity index (χ3v) is 3.77. The molecule has 126 valence electrons. The molecule has 2 aromatic rings. The van der Waals surface area contributed by atoms with Gasteiger partial charge in [-0.3, -0.25) is 4.79 Å². The van der Waals surface area contributed by atoms with Crippen molar-refractivity contribution in [3.05, 3.63) is 71.8 Å². The van der Waals surface area contributed by atoms with E-state index in [2.05, 4.69) is 0 Å². The lowest BCUT2D eigenvalue weighted by atomic mass is 10.1. The van der Waals surface area contributed by atoms with E-state index in [1.54, 1.807) is 18.1 Å². The van der Waals surface area contributed by atoms with Crippen molar-refractivity contribution in [2.24, 2.45) is 0 Å². The standard InChI is InChI=1S/C20H23NO3/c1-16(18-10-6-7-11-19(18)24-2)14-20(23)21(12-13-22)15-17-8-4-3-5-9-17/h3-11,14,22H,12-13,15H2,1-2H3/b16-14+. The summed E-state index contributed by atoms with van der Waals surface area (Å²) >= 11 is 0. The molecule has 1 N–H and O–H groups in total. The van der Waals surface area contributed by atoms with Crippen LogP contribution in [0.2, 0.25) is 0 Å². The number of aliphatic hydroxyl groups excluding tert-OH is 1. The lowest BCUT2D eigenvalue weighted by Gasteiger charge is -2.21. The maximum absolute atomic E-state index is 12.6. The lowest BCUT2D eigenvalue weighted by molar-refractivity contribution is -0.127. The average Bonchev–Trinajstić information content (AvgIpc) is 2.62. The van der Waals surface area contributed by atoms with Crippen LogP contribution < -0.4 is 4.74 Å². The SMILES string of the molecule is COc1ccccc1/C(C)=C/C(=O)N(CCO)Cc1ccccc1. The molecule has 4 heteroatoms. The van der Waals surface area contributed by atoms with E-state index in [1.807, 2.05) is 61.5 Å². The van der Waals surface area contributed by atoms with Gasteiger partial charge in [-0.25, -0.2) is 0 Å². The molecule has 2 rings (SSSR count). The first kappa shape index (κ1) is 17.8. The zero-order chi connectivity index (χ0) is 17.4. The molecule has 1 amide bonds. The third kappa shape index (κ3) is 4.70. The molecule has 0 aliphatic heterocycles. The Morgan fingerprint density at radius 1 is 1.12 bits per heavy atom. The number of para-hydroxylation sites is 1. The van der Waals surface area contributed by atoms with Crippen molar-refractivity contribution in [1.29, 1.82) is 0 Å². The molecule has 0 aromatic heterocycles. The highest BCUT2D eigenvalue weighted by Gasteiger charge is 2.13. The number of aliphatic hydroxyl groups is 1. The van der Waals surface area contributed by atoms with Crippen LogP contribution in [0.4, 0.5) is 0 Å². The zero-order valence-electron chi connectivity index (χ0n) is 14.1. The van der Waals surface area contributed by atoms with Crippen molar-refractivity contribution in [2.45, 2.75) is 13.5 Å². The van der Waals surface area contributed by atoms with Crippen molar-refractivity contribution in [3.63, 3.8) is 0 Å². The summed E-state index contributed by atoms with van der Waals surface area (Å²) in [5.41, 5.74) is 2.74. The summed E-state index contributed by atoms with van der Waals surface area (Å²) in [6.45, 7) is 2.58. The van der Waals surface area contributed by atoms with Gasteiger partial charge in [-0.05, 0) is 24.1 Å². The van der Waals surface area contributed by atoms with Crippen molar-refractivity contribution in [1.82, 2.24) is 4.90 Å². The second-order valence-electron chi connectivity index (χ2n) is 5.50. The second-order valence-corrected chi connectivity index (χ2v) is 5.50. The van der Waals surface area contributed by atoms with Crippen LogP contribution in [0, 0.1) is 0 Å². The molecule has 0 saturated carbocycles. The van der Waals surface area contributed by atoms with Crippen molar-refractivity contribution < 1.29 is 14.6 Å². The van der Waals surface area contributed by atoms with Gasteiger partial charge in [-0.1, -0.05) is 48.5 Å². The number of nitrogens with zero attached hydrogens (tertiary/aromatic N) is 1. The molecular weight excluding hydrogens is 302 g/mol. The Hall–Kier alpha value is -2.59. The molecule has 0 unspecified atom stereocenters. The van der Waals surface area contributed by atoms with Gasteiger partial charge in [-0.2, -0.15) is 0 Å². The largest absolute Gasteiger partial charge is 0.496 e. The van der Waals surface area contributed by atoms with Gasteiger partial charge in [0.1, 0.15) is 5.75 Å². The van der Waals surface area contributed by atoms with Crippen LogP contribution in [0.15, 0.2) is 60.7 Å². The molecule has 2 aromatic carbocycles. The number of benzene rings is 2. The van der Waals surface area contributed by atoms with E-state index in [0.29, 0.717) is 13.1 Å². The van der Waals surface area contributed by atoms with E-state index in [9.17, 15) is 9.90 Å². The molecule has 0 saturated heterocycles. The summed E-state index contributed by atoms with van der Waals surface area (Å²) in [7, 11) is 1.61. The molecule has 0 fully saturated rings. The van der Waals surface area contributed by atoms with E-state index >= 15 is 0 Å². The van der Waals surface area contributed by atoms with E-state index in [1.165, 1.54) is 0 Å². The second kappa shape index (κ2) is 8.89. The van der Waals surface area contributed by atoms with Crippen molar-refractivity contribution >= 4 is 11.5 Å². The van der Waals surface area contributed by atoms with Gasteiger partial charge in [0.25, 0.3) is 0 Å². The molecule has 24 heavy (non-hydrogen) atoms. The van der Waals surface area contributed by atoms with Crippen LogP contribution in [0.3, 0.4) is 0 Å². The summed E-state index contributed by atoms with van der Waals surface area (Å²) in [5.74, 6) is 0.604.